The summed E-state index contributed by atoms with van der Waals surface area (Å²) in [5, 5.41) is 0. The lowest BCUT2D eigenvalue weighted by Crippen LogP contribution is -2.45. The van der Waals surface area contributed by atoms with Crippen LogP contribution in [-0.2, 0) is 4.79 Å². The van der Waals surface area contributed by atoms with Crippen molar-refractivity contribution in [2.24, 2.45) is 5.41 Å². The summed E-state index contributed by atoms with van der Waals surface area (Å²) in [5.74, 6) is 0.372. The van der Waals surface area contributed by atoms with Gasteiger partial charge in [-0.2, -0.15) is 0 Å². The summed E-state index contributed by atoms with van der Waals surface area (Å²) in [6, 6.07) is 7.52. The molecule has 1 fully saturated rings. The minimum atomic E-state index is -0.349. The molecule has 1 aromatic carbocycles. The first-order valence-corrected chi connectivity index (χ1v) is 7.84. The van der Waals surface area contributed by atoms with Crippen molar-refractivity contribution in [3.05, 3.63) is 34.3 Å². The van der Waals surface area contributed by atoms with E-state index in [-0.39, 0.29) is 17.1 Å². The van der Waals surface area contributed by atoms with Gasteiger partial charge in [0.25, 0.3) is 0 Å². The summed E-state index contributed by atoms with van der Waals surface area (Å²) in [4.78, 5) is 26.2. The molecule has 108 valence electrons. The van der Waals surface area contributed by atoms with Crippen LogP contribution in [0.15, 0.2) is 28.7 Å². The largest absolute Gasteiger partial charge is 0.343 e. The number of carbonyl (C=O) groups excluding carboxylic acids is 2. The number of ketones is 1. The number of amides is 1. The van der Waals surface area contributed by atoms with Crippen LogP contribution in [-0.4, -0.2) is 29.7 Å². The number of hydrogen-bond acceptors (Lipinski definition) is 2. The molecule has 1 saturated heterocycles. The van der Waals surface area contributed by atoms with Crippen molar-refractivity contribution in [2.45, 2.75) is 33.1 Å². The second-order valence-electron chi connectivity index (χ2n) is 5.63. The Balaban J connectivity index is 2.07. The van der Waals surface area contributed by atoms with Crippen LogP contribution in [0.1, 0.15) is 43.5 Å². The van der Waals surface area contributed by atoms with E-state index in [4.69, 9.17) is 0 Å². The first-order valence-electron chi connectivity index (χ1n) is 7.04. The highest BCUT2D eigenvalue weighted by Gasteiger charge is 2.38. The topological polar surface area (TPSA) is 37.4 Å². The van der Waals surface area contributed by atoms with Crippen LogP contribution >= 0.6 is 15.9 Å². The maximum absolute atomic E-state index is 12.7. The average Bonchev–Trinajstić information content (AvgIpc) is 2.47. The molecule has 0 atom stereocenters. The molecule has 4 heteroatoms. The first-order chi connectivity index (χ1) is 9.46. The molecule has 0 aromatic heterocycles. The number of Topliss-reactive ketones (excluding diaryl/α,β-unsaturated/α-hetero) is 1. The highest BCUT2D eigenvalue weighted by molar-refractivity contribution is 9.10. The Bertz CT molecular complexity index is 502. The molecule has 0 aliphatic carbocycles. The number of benzene rings is 1. The quantitative estimate of drug-likeness (QED) is 0.789. The fourth-order valence-electron chi connectivity index (χ4n) is 2.65. The van der Waals surface area contributed by atoms with Crippen LogP contribution < -0.4 is 0 Å². The van der Waals surface area contributed by atoms with Crippen molar-refractivity contribution in [2.75, 3.05) is 13.1 Å². The smallest absolute Gasteiger partial charge is 0.222 e. The molecule has 0 saturated carbocycles. The molecule has 0 unspecified atom stereocenters. The van der Waals surface area contributed by atoms with Crippen LogP contribution in [0.25, 0.3) is 0 Å². The summed E-state index contributed by atoms with van der Waals surface area (Å²) >= 11 is 3.38. The Labute approximate surface area is 128 Å². The number of piperidine rings is 1. The van der Waals surface area contributed by atoms with E-state index < -0.39 is 0 Å². The number of hydrogen-bond donors (Lipinski definition) is 0. The van der Waals surface area contributed by atoms with E-state index in [0.717, 1.165) is 22.9 Å². The Kier molecular flexibility index (Phi) is 4.63. The normalized spacial score (nSPS) is 17.9. The summed E-state index contributed by atoms with van der Waals surface area (Å²) in [5.41, 5.74) is 0.407. The van der Waals surface area contributed by atoms with Gasteiger partial charge < -0.3 is 4.90 Å². The molecule has 3 nitrogen and oxygen atoms in total. The van der Waals surface area contributed by atoms with Crippen LogP contribution in [0.2, 0.25) is 0 Å². The molecule has 20 heavy (non-hydrogen) atoms. The number of likely N-dealkylation sites (tertiary alicyclic amines) is 1. The van der Waals surface area contributed by atoms with E-state index in [2.05, 4.69) is 15.9 Å². The Morgan fingerprint density at radius 1 is 1.20 bits per heavy atom. The lowest BCUT2D eigenvalue weighted by atomic mass is 9.74. The Hall–Kier alpha value is -1.16. The van der Waals surface area contributed by atoms with Crippen LogP contribution in [0.4, 0.5) is 0 Å². The fourth-order valence-corrected chi connectivity index (χ4v) is 2.91. The molecular formula is C16H20BrNO2. The van der Waals surface area contributed by atoms with E-state index >= 15 is 0 Å². The van der Waals surface area contributed by atoms with E-state index in [1.807, 2.05) is 43.0 Å². The molecule has 0 radical (unpaired) electrons. The van der Waals surface area contributed by atoms with Gasteiger partial charge in [0.1, 0.15) is 0 Å². The van der Waals surface area contributed by atoms with Gasteiger partial charge in [-0.3, -0.25) is 9.59 Å². The second-order valence-corrected chi connectivity index (χ2v) is 6.55. The number of halogens is 1. The van der Waals surface area contributed by atoms with Gasteiger partial charge in [0.2, 0.25) is 5.91 Å². The molecule has 1 aliphatic rings. The van der Waals surface area contributed by atoms with Crippen molar-refractivity contribution in [1.29, 1.82) is 0 Å². The Morgan fingerprint density at radius 2 is 1.75 bits per heavy atom. The predicted molar refractivity (Wildman–Crippen MR) is 82.7 cm³/mol. The monoisotopic (exact) mass is 337 g/mol. The highest BCUT2D eigenvalue weighted by atomic mass is 79.9. The van der Waals surface area contributed by atoms with Gasteiger partial charge in [0, 0.05) is 35.0 Å². The van der Waals surface area contributed by atoms with Crippen molar-refractivity contribution in [3.8, 4) is 0 Å². The minimum Gasteiger partial charge on any atom is -0.343 e. The van der Waals surface area contributed by atoms with Gasteiger partial charge in [-0.15, -0.1) is 0 Å². The van der Waals surface area contributed by atoms with E-state index in [0.29, 0.717) is 19.5 Å². The van der Waals surface area contributed by atoms with Crippen LogP contribution in [0.3, 0.4) is 0 Å². The summed E-state index contributed by atoms with van der Waals surface area (Å²) in [6.45, 7) is 5.27. The molecular weight excluding hydrogens is 318 g/mol. The molecule has 1 aliphatic heterocycles. The zero-order valence-corrected chi connectivity index (χ0v) is 13.6. The Morgan fingerprint density at radius 3 is 2.25 bits per heavy atom. The zero-order chi connectivity index (χ0) is 14.8. The average molecular weight is 338 g/mol. The molecule has 1 heterocycles. The highest BCUT2D eigenvalue weighted by Crippen LogP contribution is 2.34. The molecule has 1 amide bonds. The third-order valence-electron chi connectivity index (χ3n) is 4.18. The van der Waals surface area contributed by atoms with Gasteiger partial charge in [-0.05, 0) is 25.0 Å². The standard InChI is InChI=1S/C16H20BrNO2/c1-3-14(19)18-10-8-16(2,9-11-18)15(20)12-4-6-13(17)7-5-12/h4-7H,3,8-11H2,1-2H3. The first kappa shape index (κ1) is 15.2. The fraction of sp³-hybridized carbons (Fsp3) is 0.500. The lowest BCUT2D eigenvalue weighted by Gasteiger charge is -2.38. The van der Waals surface area contributed by atoms with Crippen LogP contribution in [0.5, 0.6) is 0 Å². The van der Waals surface area contributed by atoms with Crippen molar-refractivity contribution in [1.82, 2.24) is 4.90 Å². The number of nitrogens with zero attached hydrogens (tertiary/aromatic N) is 1. The molecule has 0 spiro atoms. The predicted octanol–water partition coefficient (Wildman–Crippen LogP) is 3.67. The van der Waals surface area contributed by atoms with Gasteiger partial charge in [0.05, 0.1) is 0 Å². The third kappa shape index (κ3) is 3.11. The summed E-state index contributed by atoms with van der Waals surface area (Å²) in [7, 11) is 0. The maximum Gasteiger partial charge on any atom is 0.222 e. The van der Waals surface area contributed by atoms with Crippen molar-refractivity contribution >= 4 is 27.6 Å². The van der Waals surface area contributed by atoms with E-state index in [1.54, 1.807) is 0 Å². The lowest BCUT2D eigenvalue weighted by molar-refractivity contribution is -0.132. The van der Waals surface area contributed by atoms with Crippen LogP contribution in [0, 0.1) is 5.41 Å². The summed E-state index contributed by atoms with van der Waals surface area (Å²) in [6.07, 6.45) is 2.03. The maximum atomic E-state index is 12.7. The van der Waals surface area contributed by atoms with Crippen molar-refractivity contribution in [3.63, 3.8) is 0 Å². The molecule has 0 bridgehead atoms. The number of carbonyl (C=O) groups is 2. The van der Waals surface area contributed by atoms with Gasteiger partial charge in [0.15, 0.2) is 5.78 Å². The van der Waals surface area contributed by atoms with Gasteiger partial charge >= 0.3 is 0 Å². The minimum absolute atomic E-state index is 0.183. The van der Waals surface area contributed by atoms with E-state index in [9.17, 15) is 9.59 Å². The third-order valence-corrected chi connectivity index (χ3v) is 4.71. The molecule has 1 aromatic rings. The van der Waals surface area contributed by atoms with Gasteiger partial charge in [-0.1, -0.05) is 41.9 Å². The molecule has 0 N–H and O–H groups in total. The number of rotatable bonds is 3. The van der Waals surface area contributed by atoms with Crippen molar-refractivity contribution < 1.29 is 9.59 Å². The SMILES string of the molecule is CCC(=O)N1CCC(C)(C(=O)c2ccc(Br)cc2)CC1. The van der Waals surface area contributed by atoms with E-state index in [1.165, 1.54) is 0 Å². The molecule has 2 rings (SSSR count). The van der Waals surface area contributed by atoms with Gasteiger partial charge in [-0.25, -0.2) is 0 Å². The summed E-state index contributed by atoms with van der Waals surface area (Å²) < 4.78 is 0.975. The zero-order valence-electron chi connectivity index (χ0n) is 12.0. The second kappa shape index (κ2) is 6.08.